The van der Waals surface area contributed by atoms with E-state index < -0.39 is 0 Å². The van der Waals surface area contributed by atoms with Gasteiger partial charge in [0.2, 0.25) is 0 Å². The zero-order valence-electron chi connectivity index (χ0n) is 10.1. The normalized spacial score (nSPS) is 13.3. The molecule has 3 rings (SSSR count). The Hall–Kier alpha value is -2.10. The molecule has 0 saturated carbocycles. The van der Waals surface area contributed by atoms with Crippen LogP contribution in [0.5, 0.6) is 5.75 Å². The summed E-state index contributed by atoms with van der Waals surface area (Å²) in [5.41, 5.74) is 3.26. The van der Waals surface area contributed by atoms with Gasteiger partial charge in [0.25, 0.3) is 0 Å². The molecule has 4 heteroatoms. The molecule has 2 aromatic rings. The minimum absolute atomic E-state index is 0.315. The van der Waals surface area contributed by atoms with E-state index in [1.165, 1.54) is 5.56 Å². The summed E-state index contributed by atoms with van der Waals surface area (Å²) in [6.45, 7) is 0.579. The van der Waals surface area contributed by atoms with Crippen molar-refractivity contribution in [3.63, 3.8) is 0 Å². The predicted molar refractivity (Wildman–Crippen MR) is 69.5 cm³/mol. The van der Waals surface area contributed by atoms with Gasteiger partial charge in [-0.25, -0.2) is 9.97 Å². The van der Waals surface area contributed by atoms with E-state index in [1.807, 2.05) is 18.2 Å². The maximum Gasteiger partial charge on any atom is 0.133 e. The Morgan fingerprint density at radius 2 is 2.06 bits per heavy atom. The minimum atomic E-state index is 0.315. The molecule has 0 atom stereocenters. The Bertz CT molecular complexity index is 569. The van der Waals surface area contributed by atoms with Crippen LogP contribution in [0.4, 0.5) is 5.82 Å². The van der Waals surface area contributed by atoms with Gasteiger partial charge in [0, 0.05) is 23.4 Å². The average Bonchev–Trinajstić information content (AvgIpc) is 2.86. The van der Waals surface area contributed by atoms with E-state index in [2.05, 4.69) is 15.3 Å². The monoisotopic (exact) mass is 241 g/mol. The molecular weight excluding hydrogens is 226 g/mol. The first-order valence-electron chi connectivity index (χ1n) is 6.18. The molecule has 4 nitrogen and oxygen atoms in total. The largest absolute Gasteiger partial charge is 0.508 e. The molecule has 0 bridgehead atoms. The SMILES string of the molecule is Oc1ccccc1CNc1ncnc2c1CCC2. The molecule has 0 unspecified atom stereocenters. The Kier molecular flexibility index (Phi) is 2.84. The van der Waals surface area contributed by atoms with Crippen LogP contribution in [0.3, 0.4) is 0 Å². The molecule has 0 spiro atoms. The number of nitrogens with zero attached hydrogens (tertiary/aromatic N) is 2. The topological polar surface area (TPSA) is 58.0 Å². The first-order valence-corrected chi connectivity index (χ1v) is 6.18. The zero-order valence-corrected chi connectivity index (χ0v) is 10.1. The number of phenolic OH excluding ortho intramolecular Hbond substituents is 1. The van der Waals surface area contributed by atoms with Crippen molar-refractivity contribution in [2.45, 2.75) is 25.8 Å². The Balaban J connectivity index is 1.78. The van der Waals surface area contributed by atoms with Crippen LogP contribution in [-0.4, -0.2) is 15.1 Å². The molecule has 1 aliphatic carbocycles. The second-order valence-electron chi connectivity index (χ2n) is 4.48. The van der Waals surface area contributed by atoms with Crippen molar-refractivity contribution >= 4 is 5.82 Å². The van der Waals surface area contributed by atoms with Crippen molar-refractivity contribution in [3.05, 3.63) is 47.4 Å². The lowest BCUT2D eigenvalue weighted by Gasteiger charge is -2.10. The van der Waals surface area contributed by atoms with Crippen molar-refractivity contribution in [1.29, 1.82) is 0 Å². The summed E-state index contributed by atoms with van der Waals surface area (Å²) >= 11 is 0. The fraction of sp³-hybridized carbons (Fsp3) is 0.286. The molecule has 0 aliphatic heterocycles. The molecule has 0 radical (unpaired) electrons. The van der Waals surface area contributed by atoms with Gasteiger partial charge in [0.15, 0.2) is 0 Å². The molecule has 92 valence electrons. The summed E-state index contributed by atoms with van der Waals surface area (Å²) in [6, 6.07) is 7.34. The molecule has 18 heavy (non-hydrogen) atoms. The highest BCUT2D eigenvalue weighted by Gasteiger charge is 2.16. The molecule has 2 N–H and O–H groups in total. The second kappa shape index (κ2) is 4.64. The molecular formula is C14H15N3O. The number of anilines is 1. The van der Waals surface area contributed by atoms with Crippen molar-refractivity contribution in [3.8, 4) is 5.75 Å². The predicted octanol–water partition coefficient (Wildman–Crippen LogP) is 2.28. The van der Waals surface area contributed by atoms with E-state index in [1.54, 1.807) is 12.4 Å². The standard InChI is InChI=1S/C14H15N3O/c18-13-7-2-1-4-10(13)8-15-14-11-5-3-6-12(11)16-9-17-14/h1-2,4,7,9,18H,3,5-6,8H2,(H,15,16,17). The third-order valence-corrected chi connectivity index (χ3v) is 3.31. The van der Waals surface area contributed by atoms with Gasteiger partial charge in [-0.15, -0.1) is 0 Å². The van der Waals surface area contributed by atoms with E-state index in [4.69, 9.17) is 0 Å². The second-order valence-corrected chi connectivity index (χ2v) is 4.48. The third-order valence-electron chi connectivity index (χ3n) is 3.31. The smallest absolute Gasteiger partial charge is 0.133 e. The summed E-state index contributed by atoms with van der Waals surface area (Å²) in [4.78, 5) is 8.58. The summed E-state index contributed by atoms with van der Waals surface area (Å²) in [7, 11) is 0. The Morgan fingerprint density at radius 1 is 1.17 bits per heavy atom. The number of benzene rings is 1. The number of aryl methyl sites for hydroxylation is 1. The van der Waals surface area contributed by atoms with Crippen LogP contribution in [0.15, 0.2) is 30.6 Å². The zero-order chi connectivity index (χ0) is 12.4. The number of hydrogen-bond acceptors (Lipinski definition) is 4. The lowest BCUT2D eigenvalue weighted by Crippen LogP contribution is -2.05. The molecule has 0 fully saturated rings. The third kappa shape index (κ3) is 2.01. The number of nitrogens with one attached hydrogen (secondary N) is 1. The first-order chi connectivity index (χ1) is 8.84. The molecule has 1 aromatic heterocycles. The number of para-hydroxylation sites is 1. The van der Waals surface area contributed by atoms with E-state index in [0.717, 1.165) is 36.3 Å². The van der Waals surface area contributed by atoms with Gasteiger partial charge in [-0.2, -0.15) is 0 Å². The lowest BCUT2D eigenvalue weighted by molar-refractivity contribution is 0.469. The quantitative estimate of drug-likeness (QED) is 0.865. The highest BCUT2D eigenvalue weighted by Crippen LogP contribution is 2.26. The van der Waals surface area contributed by atoms with Crippen LogP contribution < -0.4 is 5.32 Å². The van der Waals surface area contributed by atoms with Crippen LogP contribution in [0.2, 0.25) is 0 Å². The highest BCUT2D eigenvalue weighted by atomic mass is 16.3. The number of aromatic nitrogens is 2. The number of hydrogen-bond donors (Lipinski definition) is 2. The number of rotatable bonds is 3. The first kappa shape index (κ1) is 11.0. The fourth-order valence-electron chi connectivity index (χ4n) is 2.35. The van der Waals surface area contributed by atoms with Crippen molar-refractivity contribution in [2.24, 2.45) is 0 Å². The fourth-order valence-corrected chi connectivity index (χ4v) is 2.35. The van der Waals surface area contributed by atoms with Gasteiger partial charge in [-0.1, -0.05) is 18.2 Å². The van der Waals surface area contributed by atoms with E-state index in [0.29, 0.717) is 12.3 Å². The van der Waals surface area contributed by atoms with Crippen LogP contribution in [0.1, 0.15) is 23.2 Å². The van der Waals surface area contributed by atoms with Gasteiger partial charge in [-0.05, 0) is 25.3 Å². The summed E-state index contributed by atoms with van der Waals surface area (Å²) in [6.07, 6.45) is 4.85. The number of phenols is 1. The van der Waals surface area contributed by atoms with Gasteiger partial charge in [0.1, 0.15) is 17.9 Å². The minimum Gasteiger partial charge on any atom is -0.508 e. The van der Waals surface area contributed by atoms with E-state index in [9.17, 15) is 5.11 Å². The van der Waals surface area contributed by atoms with Gasteiger partial charge < -0.3 is 10.4 Å². The molecule has 0 saturated heterocycles. The van der Waals surface area contributed by atoms with Crippen LogP contribution in [0.25, 0.3) is 0 Å². The van der Waals surface area contributed by atoms with E-state index >= 15 is 0 Å². The maximum atomic E-state index is 9.71. The number of aromatic hydroxyl groups is 1. The number of fused-ring (bicyclic) bond motifs is 1. The summed E-state index contributed by atoms with van der Waals surface area (Å²) in [5, 5.41) is 13.0. The van der Waals surface area contributed by atoms with Crippen molar-refractivity contribution in [1.82, 2.24) is 9.97 Å². The average molecular weight is 241 g/mol. The molecule has 1 aromatic carbocycles. The lowest BCUT2D eigenvalue weighted by atomic mass is 10.2. The summed E-state index contributed by atoms with van der Waals surface area (Å²) in [5.74, 6) is 1.22. The molecule has 1 heterocycles. The van der Waals surface area contributed by atoms with Gasteiger partial charge >= 0.3 is 0 Å². The van der Waals surface area contributed by atoms with Gasteiger partial charge in [0.05, 0.1) is 0 Å². The Labute approximate surface area is 106 Å². The van der Waals surface area contributed by atoms with Crippen LogP contribution >= 0.6 is 0 Å². The molecule has 1 aliphatic rings. The summed E-state index contributed by atoms with van der Waals surface area (Å²) < 4.78 is 0. The van der Waals surface area contributed by atoms with Gasteiger partial charge in [-0.3, -0.25) is 0 Å². The van der Waals surface area contributed by atoms with Crippen molar-refractivity contribution in [2.75, 3.05) is 5.32 Å². The maximum absolute atomic E-state index is 9.71. The highest BCUT2D eigenvalue weighted by molar-refractivity contribution is 5.49. The van der Waals surface area contributed by atoms with Crippen LogP contribution in [0, 0.1) is 0 Å². The van der Waals surface area contributed by atoms with Crippen molar-refractivity contribution < 1.29 is 5.11 Å². The van der Waals surface area contributed by atoms with E-state index in [-0.39, 0.29) is 0 Å². The van der Waals surface area contributed by atoms with Crippen LogP contribution in [-0.2, 0) is 19.4 Å². The molecule has 0 amide bonds. The Morgan fingerprint density at radius 3 is 2.94 bits per heavy atom.